The van der Waals surface area contributed by atoms with Crippen LogP contribution in [0, 0.1) is 5.82 Å². The number of hydrogen-bond acceptors (Lipinski definition) is 2. The predicted octanol–water partition coefficient (Wildman–Crippen LogP) is 4.31. The second-order valence-corrected chi connectivity index (χ2v) is 4.59. The van der Waals surface area contributed by atoms with Crippen molar-refractivity contribution in [3.8, 4) is 11.5 Å². The minimum atomic E-state index is -0.257. The van der Waals surface area contributed by atoms with E-state index in [-0.39, 0.29) is 5.82 Å². The first-order chi connectivity index (χ1) is 9.22. The molecule has 0 aliphatic heterocycles. The minimum absolute atomic E-state index is 0.257. The van der Waals surface area contributed by atoms with Gasteiger partial charge >= 0.3 is 0 Å². The molecule has 0 N–H and O–H groups in total. The third kappa shape index (κ3) is 3.70. The highest BCUT2D eigenvalue weighted by Crippen LogP contribution is 2.27. The van der Waals surface area contributed by atoms with E-state index < -0.39 is 0 Å². The van der Waals surface area contributed by atoms with Crippen molar-refractivity contribution in [1.82, 2.24) is 0 Å². The van der Waals surface area contributed by atoms with Crippen LogP contribution in [0.1, 0.15) is 11.1 Å². The van der Waals surface area contributed by atoms with Crippen LogP contribution in [0.3, 0.4) is 0 Å². The molecular formula is C15H14BrFO2. The number of halogens is 2. The third-order valence-corrected chi connectivity index (χ3v) is 3.31. The number of hydrogen-bond donors (Lipinski definition) is 0. The maximum atomic E-state index is 13.1. The summed E-state index contributed by atoms with van der Waals surface area (Å²) in [5, 5.41) is 0.690. The molecule has 0 radical (unpaired) electrons. The first-order valence-electron chi connectivity index (χ1n) is 5.83. The van der Waals surface area contributed by atoms with E-state index >= 15 is 0 Å². The molecule has 0 saturated carbocycles. The SMILES string of the molecule is COc1ccc(CBr)c(OCc2cccc(F)c2)c1. The molecule has 2 rings (SSSR count). The number of alkyl halides is 1. The van der Waals surface area contributed by atoms with Crippen LogP contribution in [0.15, 0.2) is 42.5 Å². The molecule has 0 heterocycles. The Morgan fingerprint density at radius 1 is 1.16 bits per heavy atom. The first kappa shape index (κ1) is 13.9. The summed E-state index contributed by atoms with van der Waals surface area (Å²) in [5.41, 5.74) is 1.82. The Morgan fingerprint density at radius 2 is 2.00 bits per heavy atom. The fourth-order valence-electron chi connectivity index (χ4n) is 1.69. The third-order valence-electron chi connectivity index (χ3n) is 2.70. The van der Waals surface area contributed by atoms with Crippen LogP contribution < -0.4 is 9.47 Å². The molecule has 0 saturated heterocycles. The zero-order valence-electron chi connectivity index (χ0n) is 10.5. The minimum Gasteiger partial charge on any atom is -0.497 e. The van der Waals surface area contributed by atoms with Crippen molar-refractivity contribution < 1.29 is 13.9 Å². The zero-order chi connectivity index (χ0) is 13.7. The van der Waals surface area contributed by atoms with Crippen LogP contribution in [-0.4, -0.2) is 7.11 Å². The molecule has 0 bridgehead atoms. The normalized spacial score (nSPS) is 10.3. The van der Waals surface area contributed by atoms with Gasteiger partial charge in [0.1, 0.15) is 23.9 Å². The van der Waals surface area contributed by atoms with Crippen molar-refractivity contribution in [2.45, 2.75) is 11.9 Å². The molecule has 0 aliphatic rings. The number of ether oxygens (including phenoxy) is 2. The summed E-state index contributed by atoms with van der Waals surface area (Å²) in [4.78, 5) is 0. The van der Waals surface area contributed by atoms with Crippen LogP contribution in [0.4, 0.5) is 4.39 Å². The second kappa shape index (κ2) is 6.57. The highest BCUT2D eigenvalue weighted by Gasteiger charge is 2.05. The van der Waals surface area contributed by atoms with E-state index in [0.29, 0.717) is 11.9 Å². The lowest BCUT2D eigenvalue weighted by Crippen LogP contribution is -1.99. The summed E-state index contributed by atoms with van der Waals surface area (Å²) in [7, 11) is 1.61. The maximum Gasteiger partial charge on any atom is 0.127 e. The van der Waals surface area contributed by atoms with Crippen molar-refractivity contribution in [3.05, 3.63) is 59.4 Å². The standard InChI is InChI=1S/C15H14BrFO2/c1-18-14-6-5-12(9-16)15(8-14)19-10-11-3-2-4-13(17)7-11/h2-8H,9-10H2,1H3. The molecule has 2 nitrogen and oxygen atoms in total. The molecule has 2 aromatic rings. The molecule has 0 fully saturated rings. The van der Waals surface area contributed by atoms with Crippen LogP contribution in [0.25, 0.3) is 0 Å². The fourth-order valence-corrected chi connectivity index (χ4v) is 2.16. The molecule has 2 aromatic carbocycles. The van der Waals surface area contributed by atoms with Crippen LogP contribution in [-0.2, 0) is 11.9 Å². The Hall–Kier alpha value is -1.55. The Morgan fingerprint density at radius 3 is 2.68 bits per heavy atom. The average molecular weight is 325 g/mol. The summed E-state index contributed by atoms with van der Waals surface area (Å²) in [6.07, 6.45) is 0. The highest BCUT2D eigenvalue weighted by atomic mass is 79.9. The van der Waals surface area contributed by atoms with E-state index in [2.05, 4.69) is 15.9 Å². The van der Waals surface area contributed by atoms with Gasteiger partial charge in [-0.3, -0.25) is 0 Å². The topological polar surface area (TPSA) is 18.5 Å². The molecule has 0 atom stereocenters. The van der Waals surface area contributed by atoms with Crippen molar-refractivity contribution in [2.75, 3.05) is 7.11 Å². The second-order valence-electron chi connectivity index (χ2n) is 4.03. The number of methoxy groups -OCH3 is 1. The van der Waals surface area contributed by atoms with Crippen molar-refractivity contribution in [2.24, 2.45) is 0 Å². The van der Waals surface area contributed by atoms with Crippen LogP contribution in [0.5, 0.6) is 11.5 Å². The highest BCUT2D eigenvalue weighted by molar-refractivity contribution is 9.08. The van der Waals surface area contributed by atoms with Gasteiger partial charge in [0, 0.05) is 17.0 Å². The average Bonchev–Trinajstić information content (AvgIpc) is 2.45. The van der Waals surface area contributed by atoms with Crippen molar-refractivity contribution >= 4 is 15.9 Å². The zero-order valence-corrected chi connectivity index (χ0v) is 12.1. The van der Waals surface area contributed by atoms with E-state index in [1.807, 2.05) is 24.3 Å². The Balaban J connectivity index is 2.14. The van der Waals surface area contributed by atoms with E-state index in [9.17, 15) is 4.39 Å². The van der Waals surface area contributed by atoms with Crippen molar-refractivity contribution in [3.63, 3.8) is 0 Å². The van der Waals surface area contributed by atoms with E-state index in [1.54, 1.807) is 13.2 Å². The summed E-state index contributed by atoms with van der Waals surface area (Å²) in [6.45, 7) is 0.324. The maximum absolute atomic E-state index is 13.1. The summed E-state index contributed by atoms with van der Waals surface area (Å²) in [5.74, 6) is 1.21. The molecule has 0 aromatic heterocycles. The van der Waals surface area contributed by atoms with Gasteiger partial charge in [-0.25, -0.2) is 4.39 Å². The van der Waals surface area contributed by atoms with Crippen LogP contribution in [0.2, 0.25) is 0 Å². The van der Waals surface area contributed by atoms with Crippen molar-refractivity contribution in [1.29, 1.82) is 0 Å². The summed E-state index contributed by atoms with van der Waals surface area (Å²) >= 11 is 3.41. The smallest absolute Gasteiger partial charge is 0.127 e. The molecule has 19 heavy (non-hydrogen) atoms. The van der Waals surface area contributed by atoms with Gasteiger partial charge in [0.2, 0.25) is 0 Å². The predicted molar refractivity (Wildman–Crippen MR) is 76.4 cm³/mol. The van der Waals surface area contributed by atoms with Gasteiger partial charge in [-0.2, -0.15) is 0 Å². The Bertz CT molecular complexity index is 558. The van der Waals surface area contributed by atoms with Gasteiger partial charge in [0.25, 0.3) is 0 Å². The van der Waals surface area contributed by atoms with Gasteiger partial charge in [-0.15, -0.1) is 0 Å². The summed E-state index contributed by atoms with van der Waals surface area (Å²) in [6, 6.07) is 12.0. The molecule has 100 valence electrons. The van der Waals surface area contributed by atoms with E-state index in [1.165, 1.54) is 12.1 Å². The van der Waals surface area contributed by atoms with Gasteiger partial charge in [0.15, 0.2) is 0 Å². The van der Waals surface area contributed by atoms with Gasteiger partial charge in [-0.1, -0.05) is 34.1 Å². The van der Waals surface area contributed by atoms with E-state index in [4.69, 9.17) is 9.47 Å². The molecule has 0 spiro atoms. The lowest BCUT2D eigenvalue weighted by atomic mass is 10.2. The van der Waals surface area contributed by atoms with Crippen LogP contribution >= 0.6 is 15.9 Å². The summed E-state index contributed by atoms with van der Waals surface area (Å²) < 4.78 is 24.0. The quantitative estimate of drug-likeness (QED) is 0.763. The molecular weight excluding hydrogens is 311 g/mol. The number of benzene rings is 2. The fraction of sp³-hybridized carbons (Fsp3) is 0.200. The first-order valence-corrected chi connectivity index (χ1v) is 6.95. The molecule has 0 amide bonds. The van der Waals surface area contributed by atoms with E-state index in [0.717, 1.165) is 22.6 Å². The Labute approximate surface area is 120 Å². The molecule has 0 aliphatic carbocycles. The number of rotatable bonds is 5. The van der Waals surface area contributed by atoms with Gasteiger partial charge < -0.3 is 9.47 Å². The molecule has 0 unspecified atom stereocenters. The van der Waals surface area contributed by atoms with Gasteiger partial charge in [-0.05, 0) is 23.8 Å². The lowest BCUT2D eigenvalue weighted by Gasteiger charge is -2.11. The largest absolute Gasteiger partial charge is 0.497 e. The molecule has 4 heteroatoms. The van der Waals surface area contributed by atoms with Gasteiger partial charge in [0.05, 0.1) is 7.11 Å². The lowest BCUT2D eigenvalue weighted by molar-refractivity contribution is 0.301. The monoisotopic (exact) mass is 324 g/mol. The Kier molecular flexibility index (Phi) is 4.80.